The lowest BCUT2D eigenvalue weighted by Crippen LogP contribution is -1.96. The van der Waals surface area contributed by atoms with Gasteiger partial charge in [-0.3, -0.25) is 4.99 Å². The molecule has 0 aliphatic carbocycles. The predicted octanol–water partition coefficient (Wildman–Crippen LogP) is 4.07. The molecule has 0 N–H and O–H groups in total. The molecule has 0 saturated heterocycles. The van der Waals surface area contributed by atoms with Crippen LogP contribution >= 0.6 is 11.8 Å². The second-order valence-corrected chi connectivity index (χ2v) is 4.37. The van der Waals surface area contributed by atoms with Gasteiger partial charge in [-0.15, -0.1) is 11.8 Å². The Morgan fingerprint density at radius 2 is 2.00 bits per heavy atom. The molecule has 0 aliphatic rings. The quantitative estimate of drug-likeness (QED) is 0.624. The van der Waals surface area contributed by atoms with Gasteiger partial charge in [0.2, 0.25) is 0 Å². The standard InChI is InChI=1S/C12H21NS/c1-6-10(3)14-9-8-12(7-2)11(4)13-5/h6,8H,7,9H2,1-5H3/b10-6-,12-8-,13-11?. The Morgan fingerprint density at radius 1 is 1.36 bits per heavy atom. The van der Waals surface area contributed by atoms with E-state index in [1.54, 1.807) is 0 Å². The van der Waals surface area contributed by atoms with Gasteiger partial charge in [-0.05, 0) is 37.7 Å². The fourth-order valence-electron chi connectivity index (χ4n) is 1.05. The number of aliphatic imine (C=N–C) groups is 1. The summed E-state index contributed by atoms with van der Waals surface area (Å²) in [5.41, 5.74) is 2.52. The van der Waals surface area contributed by atoms with Crippen molar-refractivity contribution in [2.45, 2.75) is 34.1 Å². The number of hydrogen-bond donors (Lipinski definition) is 0. The van der Waals surface area contributed by atoms with Crippen LogP contribution in [0.1, 0.15) is 34.1 Å². The Morgan fingerprint density at radius 3 is 2.43 bits per heavy atom. The zero-order chi connectivity index (χ0) is 11.0. The van der Waals surface area contributed by atoms with E-state index in [9.17, 15) is 0 Å². The van der Waals surface area contributed by atoms with E-state index in [0.717, 1.165) is 17.9 Å². The van der Waals surface area contributed by atoms with Crippen LogP contribution in [0, 0.1) is 0 Å². The maximum absolute atomic E-state index is 4.20. The average molecular weight is 211 g/mol. The van der Waals surface area contributed by atoms with Gasteiger partial charge in [0.25, 0.3) is 0 Å². The zero-order valence-electron chi connectivity index (χ0n) is 9.92. The van der Waals surface area contributed by atoms with Crippen molar-refractivity contribution in [1.29, 1.82) is 0 Å². The van der Waals surface area contributed by atoms with E-state index in [1.165, 1.54) is 10.5 Å². The lowest BCUT2D eigenvalue weighted by molar-refractivity contribution is 1.15. The van der Waals surface area contributed by atoms with Crippen molar-refractivity contribution in [2.75, 3.05) is 12.8 Å². The summed E-state index contributed by atoms with van der Waals surface area (Å²) in [4.78, 5) is 5.58. The highest BCUT2D eigenvalue weighted by Gasteiger charge is 1.97. The van der Waals surface area contributed by atoms with E-state index in [1.807, 2.05) is 18.8 Å². The number of hydrogen-bond acceptors (Lipinski definition) is 2. The molecule has 0 fully saturated rings. The Kier molecular flexibility index (Phi) is 7.58. The molecular formula is C12H21NS. The van der Waals surface area contributed by atoms with Crippen molar-refractivity contribution in [2.24, 2.45) is 4.99 Å². The number of nitrogens with zero attached hydrogens (tertiary/aromatic N) is 1. The van der Waals surface area contributed by atoms with E-state index in [0.29, 0.717) is 0 Å². The minimum Gasteiger partial charge on any atom is -0.293 e. The summed E-state index contributed by atoms with van der Waals surface area (Å²) >= 11 is 1.88. The largest absolute Gasteiger partial charge is 0.293 e. The van der Waals surface area contributed by atoms with Crippen LogP contribution in [0.15, 0.2) is 27.6 Å². The average Bonchev–Trinajstić information content (AvgIpc) is 2.22. The molecule has 0 radical (unpaired) electrons. The molecule has 0 aromatic carbocycles. The van der Waals surface area contributed by atoms with Crippen molar-refractivity contribution in [3.05, 3.63) is 22.6 Å². The SMILES string of the molecule is C/C=C(/C)SC/C=C(/CC)C(C)=NC. The highest BCUT2D eigenvalue weighted by Crippen LogP contribution is 2.15. The van der Waals surface area contributed by atoms with Crippen LogP contribution in [0.4, 0.5) is 0 Å². The summed E-state index contributed by atoms with van der Waals surface area (Å²) in [5.74, 6) is 1.05. The molecule has 0 aromatic rings. The Labute approximate surface area is 92.4 Å². The Balaban J connectivity index is 4.20. The summed E-state index contributed by atoms with van der Waals surface area (Å²) in [5, 5.41) is 0. The van der Waals surface area contributed by atoms with Crippen LogP contribution in [0.2, 0.25) is 0 Å². The first-order chi connectivity index (χ1) is 6.65. The molecule has 0 aromatic heterocycles. The summed E-state index contributed by atoms with van der Waals surface area (Å²) in [6.45, 7) is 8.46. The minimum atomic E-state index is 1.05. The van der Waals surface area contributed by atoms with Gasteiger partial charge >= 0.3 is 0 Å². The lowest BCUT2D eigenvalue weighted by atomic mass is 10.1. The van der Waals surface area contributed by atoms with Crippen LogP contribution in [0.5, 0.6) is 0 Å². The van der Waals surface area contributed by atoms with Gasteiger partial charge in [0.05, 0.1) is 0 Å². The van der Waals surface area contributed by atoms with Gasteiger partial charge in [0.15, 0.2) is 0 Å². The van der Waals surface area contributed by atoms with Crippen LogP contribution in [-0.2, 0) is 0 Å². The van der Waals surface area contributed by atoms with Crippen molar-refractivity contribution >= 4 is 17.5 Å². The van der Waals surface area contributed by atoms with Crippen molar-refractivity contribution in [1.82, 2.24) is 0 Å². The first-order valence-corrected chi connectivity index (χ1v) is 6.02. The van der Waals surface area contributed by atoms with Crippen molar-refractivity contribution in [3.63, 3.8) is 0 Å². The normalized spacial score (nSPS) is 14.8. The smallest absolute Gasteiger partial charge is 0.0342 e. The van der Waals surface area contributed by atoms with E-state index < -0.39 is 0 Å². The van der Waals surface area contributed by atoms with Crippen LogP contribution in [0.25, 0.3) is 0 Å². The van der Waals surface area contributed by atoms with Gasteiger partial charge < -0.3 is 0 Å². The summed E-state index contributed by atoms with van der Waals surface area (Å²) < 4.78 is 0. The Bertz CT molecular complexity index is 249. The third-order valence-corrected chi connectivity index (χ3v) is 3.25. The third kappa shape index (κ3) is 5.28. The molecular weight excluding hydrogens is 190 g/mol. The highest BCUT2D eigenvalue weighted by atomic mass is 32.2. The first-order valence-electron chi connectivity index (χ1n) is 5.04. The van der Waals surface area contributed by atoms with Crippen LogP contribution in [-0.4, -0.2) is 18.5 Å². The van der Waals surface area contributed by atoms with E-state index >= 15 is 0 Å². The second-order valence-electron chi connectivity index (χ2n) is 3.10. The second kappa shape index (κ2) is 7.86. The van der Waals surface area contributed by atoms with Gasteiger partial charge in [0, 0.05) is 18.5 Å². The van der Waals surface area contributed by atoms with Gasteiger partial charge in [-0.2, -0.15) is 0 Å². The fraction of sp³-hybridized carbons (Fsp3) is 0.583. The molecule has 0 unspecified atom stereocenters. The van der Waals surface area contributed by atoms with Gasteiger partial charge in [-0.25, -0.2) is 0 Å². The fourth-order valence-corrected chi connectivity index (χ4v) is 1.76. The summed E-state index contributed by atoms with van der Waals surface area (Å²) in [6, 6.07) is 0. The molecule has 1 nitrogen and oxygen atoms in total. The predicted molar refractivity (Wildman–Crippen MR) is 69.3 cm³/mol. The molecule has 2 heteroatoms. The maximum Gasteiger partial charge on any atom is 0.0342 e. The van der Waals surface area contributed by atoms with Crippen LogP contribution < -0.4 is 0 Å². The van der Waals surface area contributed by atoms with Gasteiger partial charge in [0.1, 0.15) is 0 Å². The molecule has 0 atom stereocenters. The van der Waals surface area contributed by atoms with E-state index in [4.69, 9.17) is 0 Å². The van der Waals surface area contributed by atoms with Crippen molar-refractivity contribution < 1.29 is 0 Å². The first kappa shape index (κ1) is 13.5. The van der Waals surface area contributed by atoms with Crippen LogP contribution in [0.3, 0.4) is 0 Å². The number of thioether (sulfide) groups is 1. The molecule has 0 amide bonds. The Hall–Kier alpha value is -0.500. The molecule has 0 bridgehead atoms. The molecule has 80 valence electrons. The monoisotopic (exact) mass is 211 g/mol. The summed E-state index contributed by atoms with van der Waals surface area (Å²) in [7, 11) is 1.85. The third-order valence-electron chi connectivity index (χ3n) is 2.23. The molecule has 0 aliphatic heterocycles. The minimum absolute atomic E-state index is 1.05. The topological polar surface area (TPSA) is 12.4 Å². The molecule has 0 saturated carbocycles. The number of rotatable bonds is 5. The molecule has 0 heterocycles. The van der Waals surface area contributed by atoms with Crippen molar-refractivity contribution in [3.8, 4) is 0 Å². The summed E-state index contributed by atoms with van der Waals surface area (Å²) in [6.07, 6.45) is 5.49. The number of allylic oxidation sites excluding steroid dienone is 3. The molecule has 0 rings (SSSR count). The zero-order valence-corrected chi connectivity index (χ0v) is 10.7. The molecule has 0 spiro atoms. The van der Waals surface area contributed by atoms with E-state index in [-0.39, 0.29) is 0 Å². The maximum atomic E-state index is 4.20. The van der Waals surface area contributed by atoms with E-state index in [2.05, 4.69) is 44.8 Å². The lowest BCUT2D eigenvalue weighted by Gasteiger charge is -2.03. The van der Waals surface area contributed by atoms with Gasteiger partial charge in [-0.1, -0.05) is 19.1 Å². The molecule has 14 heavy (non-hydrogen) atoms. The highest BCUT2D eigenvalue weighted by molar-refractivity contribution is 8.03.